The Bertz CT molecular complexity index is 700. The van der Waals surface area contributed by atoms with E-state index in [1.165, 1.54) is 12.1 Å². The van der Waals surface area contributed by atoms with Crippen molar-refractivity contribution in [2.24, 2.45) is 0 Å². The molecule has 20 heavy (non-hydrogen) atoms. The van der Waals surface area contributed by atoms with Crippen molar-refractivity contribution in [1.82, 2.24) is 0 Å². The predicted octanol–water partition coefficient (Wildman–Crippen LogP) is 2.67. The van der Waals surface area contributed by atoms with E-state index in [0.717, 1.165) is 12.1 Å². The molecule has 2 rings (SSSR count). The second-order valence-corrected chi connectivity index (χ2v) is 3.97. The van der Waals surface area contributed by atoms with E-state index in [-0.39, 0.29) is 16.8 Å². The lowest BCUT2D eigenvalue weighted by atomic mass is 10.1. The van der Waals surface area contributed by atoms with Gasteiger partial charge in [0.15, 0.2) is 0 Å². The Morgan fingerprint density at radius 2 is 1.80 bits per heavy atom. The third-order valence-corrected chi connectivity index (χ3v) is 2.64. The molecule has 0 fully saturated rings. The average molecular weight is 273 g/mol. The van der Waals surface area contributed by atoms with Gasteiger partial charge in [0.05, 0.1) is 11.3 Å². The number of hydrogen-bond donors (Lipinski definition) is 2. The van der Waals surface area contributed by atoms with Gasteiger partial charge in [0.2, 0.25) is 0 Å². The highest BCUT2D eigenvalue weighted by Crippen LogP contribution is 2.19. The summed E-state index contributed by atoms with van der Waals surface area (Å²) in [6.07, 6.45) is 0. The van der Waals surface area contributed by atoms with Crippen molar-refractivity contribution in [2.75, 3.05) is 11.1 Å². The molecule has 0 aromatic heterocycles. The Morgan fingerprint density at radius 1 is 1.20 bits per heavy atom. The molecule has 0 saturated heterocycles. The number of benzene rings is 2. The van der Waals surface area contributed by atoms with E-state index >= 15 is 0 Å². The van der Waals surface area contributed by atoms with E-state index in [0.29, 0.717) is 0 Å². The summed E-state index contributed by atoms with van der Waals surface area (Å²) in [6, 6.07) is 9.86. The van der Waals surface area contributed by atoms with E-state index in [2.05, 4.69) is 5.32 Å². The molecule has 1 amide bonds. The van der Waals surface area contributed by atoms with Crippen LogP contribution in [0.2, 0.25) is 0 Å². The summed E-state index contributed by atoms with van der Waals surface area (Å²) in [5, 5.41) is 11.3. The summed E-state index contributed by atoms with van der Waals surface area (Å²) < 4.78 is 26.6. The number of hydrogen-bond acceptors (Lipinski definition) is 3. The van der Waals surface area contributed by atoms with Crippen molar-refractivity contribution >= 4 is 17.3 Å². The summed E-state index contributed by atoms with van der Waals surface area (Å²) in [7, 11) is 0. The van der Waals surface area contributed by atoms with Gasteiger partial charge in [-0.05, 0) is 24.3 Å². The van der Waals surface area contributed by atoms with Gasteiger partial charge in [0, 0.05) is 5.56 Å². The number of nitriles is 1. The fourth-order valence-corrected chi connectivity index (χ4v) is 1.60. The van der Waals surface area contributed by atoms with Crippen molar-refractivity contribution in [2.45, 2.75) is 0 Å². The van der Waals surface area contributed by atoms with Gasteiger partial charge in [-0.1, -0.05) is 12.1 Å². The van der Waals surface area contributed by atoms with Crippen LogP contribution in [0.25, 0.3) is 0 Å². The molecule has 100 valence electrons. The highest BCUT2D eigenvalue weighted by atomic mass is 19.1. The van der Waals surface area contributed by atoms with Gasteiger partial charge < -0.3 is 11.1 Å². The Balaban J connectivity index is 2.32. The number of amides is 1. The van der Waals surface area contributed by atoms with Crippen LogP contribution in [0.3, 0.4) is 0 Å². The van der Waals surface area contributed by atoms with Crippen LogP contribution in [0.15, 0.2) is 36.4 Å². The molecule has 2 aromatic rings. The number of nitrogens with two attached hydrogens (primary N) is 1. The standard InChI is InChI=1S/C14H9F2N3O/c15-10-5-9(6-11(16)13(10)18)14(20)19-12-4-2-1-3-8(12)7-17/h1-6H,18H2,(H,19,20). The van der Waals surface area contributed by atoms with Gasteiger partial charge in [-0.3, -0.25) is 4.79 Å². The Hall–Kier alpha value is -2.94. The number of nitrogens with one attached hydrogen (secondary N) is 1. The van der Waals surface area contributed by atoms with E-state index in [1.54, 1.807) is 12.1 Å². The molecule has 4 nitrogen and oxygen atoms in total. The van der Waals surface area contributed by atoms with E-state index < -0.39 is 23.2 Å². The Labute approximate surface area is 113 Å². The predicted molar refractivity (Wildman–Crippen MR) is 69.9 cm³/mol. The largest absolute Gasteiger partial charge is 0.394 e. The molecule has 0 spiro atoms. The number of para-hydroxylation sites is 1. The maximum absolute atomic E-state index is 13.3. The third kappa shape index (κ3) is 2.57. The minimum atomic E-state index is -1.01. The smallest absolute Gasteiger partial charge is 0.255 e. The first kappa shape index (κ1) is 13.5. The number of anilines is 2. The summed E-state index contributed by atoms with van der Waals surface area (Å²) in [6.45, 7) is 0. The van der Waals surface area contributed by atoms with Gasteiger partial charge in [-0.15, -0.1) is 0 Å². The molecule has 0 atom stereocenters. The first-order valence-electron chi connectivity index (χ1n) is 5.58. The number of halogens is 2. The van der Waals surface area contributed by atoms with E-state index in [1.807, 2.05) is 6.07 Å². The molecule has 0 saturated carbocycles. The topological polar surface area (TPSA) is 78.9 Å². The molecule has 6 heteroatoms. The number of nitrogens with zero attached hydrogens (tertiary/aromatic N) is 1. The van der Waals surface area contributed by atoms with Gasteiger partial charge in [-0.25, -0.2) is 8.78 Å². The SMILES string of the molecule is N#Cc1ccccc1NC(=O)c1cc(F)c(N)c(F)c1. The molecule has 0 radical (unpaired) electrons. The fraction of sp³-hybridized carbons (Fsp3) is 0. The molecule has 0 bridgehead atoms. The minimum absolute atomic E-state index is 0.220. The lowest BCUT2D eigenvalue weighted by Crippen LogP contribution is -2.14. The quantitative estimate of drug-likeness (QED) is 0.825. The van der Waals surface area contributed by atoms with Crippen molar-refractivity contribution in [3.8, 4) is 6.07 Å². The molecular formula is C14H9F2N3O. The number of nitrogen functional groups attached to an aromatic ring is 1. The second kappa shape index (κ2) is 5.36. The lowest BCUT2D eigenvalue weighted by Gasteiger charge is -2.08. The maximum atomic E-state index is 13.3. The maximum Gasteiger partial charge on any atom is 0.255 e. The van der Waals surface area contributed by atoms with Crippen LogP contribution in [-0.2, 0) is 0 Å². The normalized spacial score (nSPS) is 9.85. The highest BCUT2D eigenvalue weighted by Gasteiger charge is 2.14. The number of rotatable bonds is 2. The van der Waals surface area contributed by atoms with Crippen LogP contribution in [0.4, 0.5) is 20.2 Å². The minimum Gasteiger partial charge on any atom is -0.394 e. The van der Waals surface area contributed by atoms with Crippen LogP contribution < -0.4 is 11.1 Å². The molecule has 2 aromatic carbocycles. The lowest BCUT2D eigenvalue weighted by molar-refractivity contribution is 0.102. The Morgan fingerprint density at radius 3 is 2.40 bits per heavy atom. The fourth-order valence-electron chi connectivity index (χ4n) is 1.60. The zero-order valence-corrected chi connectivity index (χ0v) is 10.2. The van der Waals surface area contributed by atoms with E-state index in [9.17, 15) is 13.6 Å². The second-order valence-electron chi connectivity index (χ2n) is 3.97. The van der Waals surface area contributed by atoms with Gasteiger partial charge in [0.1, 0.15) is 23.4 Å². The number of carbonyl (C=O) groups is 1. The van der Waals surface area contributed by atoms with Gasteiger partial charge in [0.25, 0.3) is 5.91 Å². The van der Waals surface area contributed by atoms with Crippen LogP contribution in [-0.4, -0.2) is 5.91 Å². The summed E-state index contributed by atoms with van der Waals surface area (Å²) >= 11 is 0. The van der Waals surface area contributed by atoms with Crippen LogP contribution in [0, 0.1) is 23.0 Å². The highest BCUT2D eigenvalue weighted by molar-refractivity contribution is 6.05. The summed E-state index contributed by atoms with van der Waals surface area (Å²) in [5.41, 5.74) is 4.77. The van der Waals surface area contributed by atoms with Crippen molar-refractivity contribution < 1.29 is 13.6 Å². The third-order valence-electron chi connectivity index (χ3n) is 2.64. The number of carbonyl (C=O) groups excluding carboxylic acids is 1. The Kier molecular flexibility index (Phi) is 3.62. The van der Waals surface area contributed by atoms with Crippen LogP contribution >= 0.6 is 0 Å². The van der Waals surface area contributed by atoms with Crippen molar-refractivity contribution in [1.29, 1.82) is 5.26 Å². The first-order valence-corrected chi connectivity index (χ1v) is 5.58. The molecule has 0 heterocycles. The average Bonchev–Trinajstić information content (AvgIpc) is 2.44. The van der Waals surface area contributed by atoms with Crippen LogP contribution in [0.1, 0.15) is 15.9 Å². The van der Waals surface area contributed by atoms with Gasteiger partial charge in [-0.2, -0.15) is 5.26 Å². The first-order chi connectivity index (χ1) is 9.52. The van der Waals surface area contributed by atoms with Crippen LogP contribution in [0.5, 0.6) is 0 Å². The van der Waals surface area contributed by atoms with Crippen molar-refractivity contribution in [3.05, 3.63) is 59.2 Å². The summed E-state index contributed by atoms with van der Waals surface area (Å²) in [4.78, 5) is 11.9. The molecule has 0 aliphatic rings. The molecule has 0 aliphatic heterocycles. The van der Waals surface area contributed by atoms with Gasteiger partial charge >= 0.3 is 0 Å². The van der Waals surface area contributed by atoms with Crippen molar-refractivity contribution in [3.63, 3.8) is 0 Å². The molecular weight excluding hydrogens is 264 g/mol. The molecule has 3 N–H and O–H groups in total. The summed E-state index contributed by atoms with van der Waals surface area (Å²) in [5.74, 6) is -2.75. The zero-order valence-electron chi connectivity index (χ0n) is 10.2. The zero-order chi connectivity index (χ0) is 14.7. The van der Waals surface area contributed by atoms with E-state index in [4.69, 9.17) is 11.0 Å². The molecule has 0 unspecified atom stereocenters. The monoisotopic (exact) mass is 273 g/mol. The molecule has 0 aliphatic carbocycles.